The lowest BCUT2D eigenvalue weighted by Crippen LogP contribution is -2.04. The first-order valence-electron chi connectivity index (χ1n) is 8.26. The number of hydrogen-bond donors (Lipinski definition) is 0. The maximum absolute atomic E-state index is 8.69. The smallest absolute Gasteiger partial charge is 0.234 e. The highest BCUT2D eigenvalue weighted by Gasteiger charge is 2.15. The molecule has 0 radical (unpaired) electrons. The van der Waals surface area contributed by atoms with Crippen molar-refractivity contribution in [1.82, 2.24) is 19.7 Å². The van der Waals surface area contributed by atoms with Gasteiger partial charge < -0.3 is 9.47 Å². The third-order valence-corrected chi connectivity index (χ3v) is 4.09. The second-order valence-corrected chi connectivity index (χ2v) is 6.31. The lowest BCUT2D eigenvalue weighted by molar-refractivity contribution is 0.184. The summed E-state index contributed by atoms with van der Waals surface area (Å²) < 4.78 is 12.9. The highest BCUT2D eigenvalue weighted by Crippen LogP contribution is 2.33. The van der Waals surface area contributed by atoms with E-state index in [9.17, 15) is 0 Å². The van der Waals surface area contributed by atoms with Gasteiger partial charge in [-0.25, -0.2) is 0 Å². The first kappa shape index (κ1) is 18.8. The summed E-state index contributed by atoms with van der Waals surface area (Å²) in [6.07, 6.45) is 5.01. The maximum atomic E-state index is 8.69. The van der Waals surface area contributed by atoms with Crippen LogP contribution in [0.5, 0.6) is 11.6 Å². The summed E-state index contributed by atoms with van der Waals surface area (Å²) in [7, 11) is 1.63. The van der Waals surface area contributed by atoms with E-state index < -0.39 is 0 Å². The Hall–Kier alpha value is -2.95. The highest BCUT2D eigenvalue weighted by atomic mass is 35.5. The summed E-state index contributed by atoms with van der Waals surface area (Å²) in [5, 5.41) is 13.8. The number of ether oxygens (including phenoxy) is 2. The summed E-state index contributed by atoms with van der Waals surface area (Å²) in [5.74, 6) is 1.03. The van der Waals surface area contributed by atoms with Crippen molar-refractivity contribution in [3.63, 3.8) is 0 Å². The summed E-state index contributed by atoms with van der Waals surface area (Å²) in [6.45, 7) is 4.99. The molecule has 3 rings (SSSR count). The zero-order valence-corrected chi connectivity index (χ0v) is 16.0. The number of aromatic nitrogens is 4. The van der Waals surface area contributed by atoms with Crippen molar-refractivity contribution >= 4 is 28.7 Å². The molecule has 0 aliphatic heterocycles. The van der Waals surface area contributed by atoms with Crippen LogP contribution in [0.15, 0.2) is 24.4 Å². The number of methoxy groups -OCH3 is 1. The molecule has 0 N–H and O–H groups in total. The fourth-order valence-corrected chi connectivity index (χ4v) is 2.91. The zero-order chi connectivity index (χ0) is 19.4. The van der Waals surface area contributed by atoms with Crippen LogP contribution in [-0.2, 0) is 11.3 Å². The van der Waals surface area contributed by atoms with Crippen LogP contribution < -0.4 is 4.74 Å². The van der Waals surface area contributed by atoms with Crippen molar-refractivity contribution < 1.29 is 9.47 Å². The fraction of sp³-hybridized carbons (Fsp3) is 0.263. The van der Waals surface area contributed by atoms with E-state index in [4.69, 9.17) is 26.3 Å². The van der Waals surface area contributed by atoms with E-state index in [1.54, 1.807) is 17.9 Å². The van der Waals surface area contributed by atoms with Crippen molar-refractivity contribution in [2.45, 2.75) is 20.4 Å². The van der Waals surface area contributed by atoms with E-state index in [0.717, 1.165) is 16.7 Å². The molecule has 1 aromatic carbocycles. The van der Waals surface area contributed by atoms with Gasteiger partial charge in [-0.15, -0.1) is 0 Å². The topological polar surface area (TPSA) is 85.9 Å². The van der Waals surface area contributed by atoms with Crippen LogP contribution in [0.2, 0.25) is 5.28 Å². The number of benzene rings is 1. The third kappa shape index (κ3) is 4.25. The Morgan fingerprint density at radius 3 is 2.67 bits per heavy atom. The van der Waals surface area contributed by atoms with Gasteiger partial charge in [0, 0.05) is 19.4 Å². The second kappa shape index (κ2) is 8.16. The number of allylic oxidation sites excluding steroid dienone is 1. The number of nitriles is 1. The van der Waals surface area contributed by atoms with Gasteiger partial charge in [0.1, 0.15) is 11.1 Å². The number of fused-ring (bicyclic) bond motifs is 1. The Morgan fingerprint density at radius 2 is 2.00 bits per heavy atom. The molecule has 0 spiro atoms. The van der Waals surface area contributed by atoms with Crippen LogP contribution in [0.25, 0.3) is 17.1 Å². The summed E-state index contributed by atoms with van der Waals surface area (Å²) in [4.78, 5) is 8.40. The van der Waals surface area contributed by atoms with E-state index in [2.05, 4.69) is 15.1 Å². The number of hydrogen-bond acceptors (Lipinski definition) is 6. The highest BCUT2D eigenvalue weighted by molar-refractivity contribution is 6.28. The molecule has 27 heavy (non-hydrogen) atoms. The Kier molecular flexibility index (Phi) is 5.69. The minimum atomic E-state index is 0.0679. The molecule has 0 unspecified atom stereocenters. The predicted octanol–water partition coefficient (Wildman–Crippen LogP) is 4.07. The van der Waals surface area contributed by atoms with E-state index in [-0.39, 0.29) is 5.28 Å². The summed E-state index contributed by atoms with van der Waals surface area (Å²) >= 11 is 6.05. The minimum Gasteiger partial charge on any atom is -0.438 e. The van der Waals surface area contributed by atoms with E-state index in [1.807, 2.05) is 38.2 Å². The molecular weight excluding hydrogens is 366 g/mol. The number of halogens is 1. The van der Waals surface area contributed by atoms with Crippen molar-refractivity contribution in [3.05, 3.63) is 46.4 Å². The Bertz CT molecular complexity index is 1030. The number of rotatable bonds is 6. The normalized spacial score (nSPS) is 11.2. The summed E-state index contributed by atoms with van der Waals surface area (Å²) in [6, 6.07) is 5.88. The molecule has 0 aliphatic carbocycles. The quantitative estimate of drug-likeness (QED) is 0.471. The average Bonchev–Trinajstić information content (AvgIpc) is 3.03. The molecule has 2 heterocycles. The lowest BCUT2D eigenvalue weighted by Gasteiger charge is -2.12. The molecule has 7 nitrogen and oxygen atoms in total. The molecule has 0 bridgehead atoms. The zero-order valence-electron chi connectivity index (χ0n) is 15.2. The lowest BCUT2D eigenvalue weighted by atomic mass is 10.1. The van der Waals surface area contributed by atoms with Crippen LogP contribution in [-0.4, -0.2) is 33.5 Å². The van der Waals surface area contributed by atoms with Crippen molar-refractivity contribution in [2.75, 3.05) is 13.7 Å². The number of aryl methyl sites for hydroxylation is 2. The van der Waals surface area contributed by atoms with E-state index >= 15 is 0 Å². The van der Waals surface area contributed by atoms with Gasteiger partial charge in [0.2, 0.25) is 11.2 Å². The van der Waals surface area contributed by atoms with Gasteiger partial charge in [-0.2, -0.15) is 20.3 Å². The van der Waals surface area contributed by atoms with Crippen LogP contribution in [0.1, 0.15) is 16.7 Å². The monoisotopic (exact) mass is 383 g/mol. The molecule has 0 fully saturated rings. The Morgan fingerprint density at radius 1 is 1.26 bits per heavy atom. The molecular formula is C19H18ClN5O2. The van der Waals surface area contributed by atoms with Gasteiger partial charge in [0.15, 0.2) is 5.65 Å². The molecule has 0 atom stereocenters. The summed E-state index contributed by atoms with van der Waals surface area (Å²) in [5.41, 5.74) is 3.23. The molecule has 0 saturated heterocycles. The first-order valence-corrected chi connectivity index (χ1v) is 8.64. The molecule has 2 aromatic heterocycles. The van der Waals surface area contributed by atoms with Crippen molar-refractivity contribution in [1.29, 1.82) is 5.26 Å². The third-order valence-electron chi connectivity index (χ3n) is 3.92. The minimum absolute atomic E-state index is 0.0679. The van der Waals surface area contributed by atoms with Gasteiger partial charge in [-0.3, -0.25) is 4.68 Å². The second-order valence-electron chi connectivity index (χ2n) is 5.97. The molecule has 0 saturated carbocycles. The van der Waals surface area contributed by atoms with E-state index in [0.29, 0.717) is 35.8 Å². The predicted molar refractivity (Wildman–Crippen MR) is 103 cm³/mol. The van der Waals surface area contributed by atoms with Crippen LogP contribution in [0, 0.1) is 25.2 Å². The molecule has 3 aromatic rings. The average molecular weight is 384 g/mol. The van der Waals surface area contributed by atoms with Gasteiger partial charge in [-0.1, -0.05) is 0 Å². The fourth-order valence-electron chi connectivity index (χ4n) is 2.75. The maximum Gasteiger partial charge on any atom is 0.234 e. The van der Waals surface area contributed by atoms with Gasteiger partial charge >= 0.3 is 0 Å². The Balaban J connectivity index is 2.00. The van der Waals surface area contributed by atoms with Crippen LogP contribution in [0.4, 0.5) is 0 Å². The van der Waals surface area contributed by atoms with Crippen molar-refractivity contribution in [3.8, 4) is 17.7 Å². The van der Waals surface area contributed by atoms with Crippen LogP contribution in [0.3, 0.4) is 0 Å². The SMILES string of the molecule is COCCn1cc2c(Oc3c(C)cc(/C=C/C#N)cc3C)nc(Cl)nc2n1. The van der Waals surface area contributed by atoms with Gasteiger partial charge in [0.25, 0.3) is 0 Å². The van der Waals surface area contributed by atoms with Crippen LogP contribution >= 0.6 is 11.6 Å². The van der Waals surface area contributed by atoms with Crippen molar-refractivity contribution in [2.24, 2.45) is 0 Å². The van der Waals surface area contributed by atoms with E-state index in [1.165, 1.54) is 6.08 Å². The molecule has 138 valence electrons. The standard InChI is InChI=1S/C19H18ClN5O2/c1-12-9-14(5-4-6-21)10-13(2)16(12)27-18-15-11-25(7-8-26-3)24-17(15)22-19(20)23-18/h4-5,9-11H,7-8H2,1-3H3/b5-4+. The molecule has 0 aliphatic rings. The largest absolute Gasteiger partial charge is 0.438 e. The van der Waals surface area contributed by atoms with Gasteiger partial charge in [-0.05, 0) is 60.3 Å². The number of nitrogens with zero attached hydrogens (tertiary/aromatic N) is 5. The molecule has 0 amide bonds. The Labute approximate surface area is 161 Å². The first-order chi connectivity index (χ1) is 13.0. The molecule has 8 heteroatoms. The van der Waals surface area contributed by atoms with Gasteiger partial charge in [0.05, 0.1) is 19.2 Å².